The summed E-state index contributed by atoms with van der Waals surface area (Å²) in [4.78, 5) is 0. The average molecular weight is 278 g/mol. The van der Waals surface area contributed by atoms with E-state index in [-0.39, 0.29) is 11.2 Å². The number of hydrogen-bond acceptors (Lipinski definition) is 6. The van der Waals surface area contributed by atoms with E-state index >= 15 is 0 Å². The molecular formula is C9H18N4O2S2. The second kappa shape index (κ2) is 4.85. The highest BCUT2D eigenvalue weighted by Gasteiger charge is 2.22. The largest absolute Gasteiger partial charge is 0.336 e. The van der Waals surface area contributed by atoms with Crippen LogP contribution in [-0.2, 0) is 15.3 Å². The Kier molecular flexibility index (Phi) is 4.08. The van der Waals surface area contributed by atoms with E-state index in [0.717, 1.165) is 0 Å². The van der Waals surface area contributed by atoms with Crippen molar-refractivity contribution in [3.63, 3.8) is 0 Å². The van der Waals surface area contributed by atoms with E-state index < -0.39 is 9.84 Å². The standard InChI is InChI=1S/C9H18N4O2S2/c1-9(2,3)7-11-12-8(13(7)10)16-5-6-17(4,14)15/h5-6,10H2,1-4H3. The molecule has 0 atom stereocenters. The lowest BCUT2D eigenvalue weighted by atomic mass is 9.96. The Hall–Kier alpha value is -0.760. The van der Waals surface area contributed by atoms with Crippen molar-refractivity contribution in [2.75, 3.05) is 23.6 Å². The van der Waals surface area contributed by atoms with Gasteiger partial charge < -0.3 is 5.84 Å². The molecule has 0 saturated heterocycles. The van der Waals surface area contributed by atoms with Crippen LogP contribution in [0.15, 0.2) is 5.16 Å². The lowest BCUT2D eigenvalue weighted by molar-refractivity contribution is 0.523. The van der Waals surface area contributed by atoms with Crippen LogP contribution < -0.4 is 5.84 Å². The van der Waals surface area contributed by atoms with Gasteiger partial charge in [0.25, 0.3) is 0 Å². The first-order valence-electron chi connectivity index (χ1n) is 5.13. The van der Waals surface area contributed by atoms with E-state index in [0.29, 0.717) is 16.7 Å². The Morgan fingerprint density at radius 1 is 1.35 bits per heavy atom. The Labute approximate surface area is 106 Å². The number of sulfone groups is 1. The van der Waals surface area contributed by atoms with Crippen LogP contribution in [0.5, 0.6) is 0 Å². The summed E-state index contributed by atoms with van der Waals surface area (Å²) in [6.45, 7) is 5.97. The zero-order valence-electron chi connectivity index (χ0n) is 10.5. The minimum Gasteiger partial charge on any atom is -0.336 e. The summed E-state index contributed by atoms with van der Waals surface area (Å²) in [7, 11) is -2.95. The first-order chi connectivity index (χ1) is 7.61. The predicted octanol–water partition coefficient (Wildman–Crippen LogP) is 0.426. The molecule has 0 fully saturated rings. The Morgan fingerprint density at radius 3 is 2.35 bits per heavy atom. The molecule has 0 radical (unpaired) electrons. The molecule has 1 aromatic rings. The number of nitrogen functional groups attached to an aromatic ring is 1. The molecule has 0 aliphatic rings. The molecular weight excluding hydrogens is 260 g/mol. The first kappa shape index (κ1) is 14.3. The normalized spacial score (nSPS) is 12.9. The third-order valence-corrected chi connectivity index (χ3v) is 4.17. The van der Waals surface area contributed by atoms with Crippen molar-refractivity contribution in [2.24, 2.45) is 0 Å². The second-order valence-corrected chi connectivity index (χ2v) is 8.23. The molecule has 0 amide bonds. The Bertz CT molecular complexity index is 488. The highest BCUT2D eigenvalue weighted by atomic mass is 32.2. The molecule has 0 spiro atoms. The Balaban J connectivity index is 2.72. The van der Waals surface area contributed by atoms with Crippen LogP contribution in [-0.4, -0.2) is 41.1 Å². The molecule has 6 nitrogen and oxygen atoms in total. The van der Waals surface area contributed by atoms with Gasteiger partial charge >= 0.3 is 0 Å². The van der Waals surface area contributed by atoms with Crippen LogP contribution in [0.3, 0.4) is 0 Å². The van der Waals surface area contributed by atoms with Crippen LogP contribution in [0.2, 0.25) is 0 Å². The molecule has 17 heavy (non-hydrogen) atoms. The van der Waals surface area contributed by atoms with Gasteiger partial charge in [0.15, 0.2) is 5.82 Å². The molecule has 98 valence electrons. The quantitative estimate of drug-likeness (QED) is 0.634. The van der Waals surface area contributed by atoms with Gasteiger partial charge in [0, 0.05) is 17.4 Å². The van der Waals surface area contributed by atoms with Gasteiger partial charge in [-0.05, 0) is 0 Å². The third kappa shape index (κ3) is 4.19. The van der Waals surface area contributed by atoms with Gasteiger partial charge in [0.05, 0.1) is 5.75 Å². The van der Waals surface area contributed by atoms with E-state index in [9.17, 15) is 8.42 Å². The topological polar surface area (TPSA) is 90.9 Å². The van der Waals surface area contributed by atoms with E-state index in [1.54, 1.807) is 0 Å². The number of hydrogen-bond donors (Lipinski definition) is 1. The van der Waals surface area contributed by atoms with Gasteiger partial charge in [-0.3, -0.25) is 0 Å². The lowest BCUT2D eigenvalue weighted by Gasteiger charge is -2.16. The molecule has 2 N–H and O–H groups in total. The maximum atomic E-state index is 11.0. The lowest BCUT2D eigenvalue weighted by Crippen LogP contribution is -2.24. The van der Waals surface area contributed by atoms with Gasteiger partial charge in [-0.2, -0.15) is 0 Å². The van der Waals surface area contributed by atoms with Gasteiger partial charge in [0.2, 0.25) is 5.16 Å². The van der Waals surface area contributed by atoms with Crippen LogP contribution in [0.25, 0.3) is 0 Å². The summed E-state index contributed by atoms with van der Waals surface area (Å²) in [5.41, 5.74) is -0.183. The van der Waals surface area contributed by atoms with Crippen molar-refractivity contribution >= 4 is 21.6 Å². The Morgan fingerprint density at radius 2 is 1.94 bits per heavy atom. The fourth-order valence-corrected chi connectivity index (χ4v) is 3.22. The van der Waals surface area contributed by atoms with Crippen molar-refractivity contribution in [3.8, 4) is 0 Å². The highest BCUT2D eigenvalue weighted by molar-refractivity contribution is 8.00. The highest BCUT2D eigenvalue weighted by Crippen LogP contribution is 2.23. The molecule has 1 aromatic heterocycles. The van der Waals surface area contributed by atoms with E-state index in [1.165, 1.54) is 22.7 Å². The second-order valence-electron chi connectivity index (χ2n) is 4.90. The first-order valence-corrected chi connectivity index (χ1v) is 8.17. The molecule has 0 aliphatic heterocycles. The van der Waals surface area contributed by atoms with Gasteiger partial charge in [0.1, 0.15) is 9.84 Å². The number of nitrogens with two attached hydrogens (primary N) is 1. The van der Waals surface area contributed by atoms with Gasteiger partial charge in [-0.25, -0.2) is 13.1 Å². The van der Waals surface area contributed by atoms with Gasteiger partial charge in [-0.1, -0.05) is 32.5 Å². The van der Waals surface area contributed by atoms with Crippen molar-refractivity contribution in [2.45, 2.75) is 31.3 Å². The fourth-order valence-electron chi connectivity index (χ4n) is 1.17. The molecule has 0 bridgehead atoms. The van der Waals surface area contributed by atoms with E-state index in [4.69, 9.17) is 5.84 Å². The fraction of sp³-hybridized carbons (Fsp3) is 0.778. The summed E-state index contributed by atoms with van der Waals surface area (Å²) in [5, 5.41) is 8.52. The van der Waals surface area contributed by atoms with Crippen LogP contribution in [0, 0.1) is 0 Å². The third-order valence-electron chi connectivity index (χ3n) is 2.02. The smallest absolute Gasteiger partial charge is 0.209 e. The van der Waals surface area contributed by atoms with E-state index in [2.05, 4.69) is 10.2 Å². The minimum atomic E-state index is -2.95. The van der Waals surface area contributed by atoms with Crippen molar-refractivity contribution in [1.29, 1.82) is 0 Å². The molecule has 8 heteroatoms. The molecule has 0 unspecified atom stereocenters. The SMILES string of the molecule is CC(C)(C)c1nnc(SCCS(C)(=O)=O)n1N. The monoisotopic (exact) mass is 278 g/mol. The predicted molar refractivity (Wildman–Crippen MR) is 69.3 cm³/mol. The van der Waals surface area contributed by atoms with Gasteiger partial charge in [-0.15, -0.1) is 10.2 Å². The van der Waals surface area contributed by atoms with Crippen LogP contribution in [0.4, 0.5) is 0 Å². The number of rotatable bonds is 4. The molecule has 0 saturated carbocycles. The zero-order valence-corrected chi connectivity index (χ0v) is 12.1. The van der Waals surface area contributed by atoms with Crippen LogP contribution in [0.1, 0.15) is 26.6 Å². The average Bonchev–Trinajstić information content (AvgIpc) is 2.44. The molecule has 1 rings (SSSR count). The maximum absolute atomic E-state index is 11.0. The molecule has 1 heterocycles. The van der Waals surface area contributed by atoms with Crippen molar-refractivity contribution in [3.05, 3.63) is 5.82 Å². The number of aromatic nitrogens is 3. The molecule has 0 aromatic carbocycles. The number of thioether (sulfide) groups is 1. The summed E-state index contributed by atoms with van der Waals surface area (Å²) in [6.07, 6.45) is 1.21. The van der Waals surface area contributed by atoms with Crippen LogP contribution >= 0.6 is 11.8 Å². The zero-order chi connectivity index (χ0) is 13.3. The van der Waals surface area contributed by atoms with Crippen molar-refractivity contribution < 1.29 is 8.42 Å². The summed E-state index contributed by atoms with van der Waals surface area (Å²) < 4.78 is 23.4. The summed E-state index contributed by atoms with van der Waals surface area (Å²) in [6, 6.07) is 0. The number of nitrogens with zero attached hydrogens (tertiary/aromatic N) is 3. The minimum absolute atomic E-state index is 0.107. The maximum Gasteiger partial charge on any atom is 0.209 e. The summed E-state index contributed by atoms with van der Waals surface area (Å²) in [5.74, 6) is 7.08. The van der Waals surface area contributed by atoms with Crippen molar-refractivity contribution in [1.82, 2.24) is 14.9 Å². The van der Waals surface area contributed by atoms with E-state index in [1.807, 2.05) is 20.8 Å². The summed E-state index contributed by atoms with van der Waals surface area (Å²) >= 11 is 1.30. The molecule has 0 aliphatic carbocycles.